The second-order valence-electron chi connectivity index (χ2n) is 3.40. The second kappa shape index (κ2) is 4.97. The van der Waals surface area contributed by atoms with Gasteiger partial charge in [-0.2, -0.15) is 0 Å². The summed E-state index contributed by atoms with van der Waals surface area (Å²) in [5.41, 5.74) is 1.02. The van der Waals surface area contributed by atoms with Gasteiger partial charge >= 0.3 is 0 Å². The molecule has 0 aliphatic carbocycles. The van der Waals surface area contributed by atoms with Crippen LogP contribution < -0.4 is 5.32 Å². The molecule has 0 aromatic carbocycles. The van der Waals surface area contributed by atoms with Gasteiger partial charge in [0.15, 0.2) is 6.39 Å². The molecule has 1 amide bonds. The first-order chi connectivity index (χ1) is 8.16. The normalized spacial score (nSPS) is 10.2. The van der Waals surface area contributed by atoms with E-state index >= 15 is 0 Å². The number of pyridine rings is 1. The minimum Gasteiger partial charge on any atom is -0.448 e. The largest absolute Gasteiger partial charge is 0.448 e. The van der Waals surface area contributed by atoms with Gasteiger partial charge in [-0.25, -0.2) is 9.97 Å². The molecule has 0 aliphatic rings. The van der Waals surface area contributed by atoms with Crippen molar-refractivity contribution in [2.24, 2.45) is 0 Å². The highest BCUT2D eigenvalue weighted by molar-refractivity contribution is 6.30. The third-order valence-electron chi connectivity index (χ3n) is 2.22. The van der Waals surface area contributed by atoms with Crippen LogP contribution in [0.2, 0.25) is 5.02 Å². The summed E-state index contributed by atoms with van der Waals surface area (Å²) >= 11 is 5.68. The molecule has 0 saturated heterocycles. The van der Waals surface area contributed by atoms with Gasteiger partial charge < -0.3 is 9.73 Å². The van der Waals surface area contributed by atoms with E-state index in [1.165, 1.54) is 12.6 Å². The summed E-state index contributed by atoms with van der Waals surface area (Å²) in [5.74, 6) is 0.415. The Hall–Kier alpha value is -1.88. The van der Waals surface area contributed by atoms with Crippen LogP contribution in [0.3, 0.4) is 0 Å². The molecule has 2 aromatic heterocycles. The van der Waals surface area contributed by atoms with E-state index in [0.29, 0.717) is 28.7 Å². The molecule has 5 nitrogen and oxygen atoms in total. The number of hydrogen-bond acceptors (Lipinski definition) is 4. The van der Waals surface area contributed by atoms with Crippen molar-refractivity contribution < 1.29 is 9.21 Å². The van der Waals surface area contributed by atoms with Gasteiger partial charge in [-0.1, -0.05) is 11.6 Å². The lowest BCUT2D eigenvalue weighted by atomic mass is 10.3. The Balaban J connectivity index is 1.98. The van der Waals surface area contributed by atoms with E-state index in [-0.39, 0.29) is 5.91 Å². The summed E-state index contributed by atoms with van der Waals surface area (Å²) in [6.07, 6.45) is 2.77. The van der Waals surface area contributed by atoms with E-state index in [2.05, 4.69) is 15.3 Å². The Morgan fingerprint density at radius 1 is 1.47 bits per heavy atom. The van der Waals surface area contributed by atoms with Gasteiger partial charge in [0.25, 0.3) is 5.91 Å². The van der Waals surface area contributed by atoms with E-state index in [1.54, 1.807) is 19.1 Å². The van der Waals surface area contributed by atoms with E-state index < -0.39 is 0 Å². The molecule has 2 aromatic rings. The van der Waals surface area contributed by atoms with Crippen LogP contribution in [-0.2, 0) is 6.54 Å². The maximum absolute atomic E-state index is 11.7. The van der Waals surface area contributed by atoms with Crippen molar-refractivity contribution in [1.82, 2.24) is 15.3 Å². The number of nitrogens with one attached hydrogen (secondary N) is 1. The van der Waals surface area contributed by atoms with E-state index in [4.69, 9.17) is 16.0 Å². The zero-order valence-electron chi connectivity index (χ0n) is 9.11. The summed E-state index contributed by atoms with van der Waals surface area (Å²) in [6, 6.07) is 3.18. The molecule has 0 spiro atoms. The summed E-state index contributed by atoms with van der Waals surface area (Å²) in [6.45, 7) is 2.10. The van der Waals surface area contributed by atoms with Crippen molar-refractivity contribution >= 4 is 17.5 Å². The Morgan fingerprint density at radius 2 is 2.29 bits per heavy atom. The maximum Gasteiger partial charge on any atom is 0.270 e. The number of aryl methyl sites for hydroxylation is 1. The van der Waals surface area contributed by atoms with Crippen LogP contribution in [0.4, 0.5) is 0 Å². The molecule has 0 bridgehead atoms. The monoisotopic (exact) mass is 251 g/mol. The van der Waals surface area contributed by atoms with Gasteiger partial charge in [-0.05, 0) is 19.1 Å². The molecular formula is C11H10ClN3O2. The first-order valence-corrected chi connectivity index (χ1v) is 5.33. The summed E-state index contributed by atoms with van der Waals surface area (Å²) in [5, 5.41) is 3.19. The molecule has 1 N–H and O–H groups in total. The van der Waals surface area contributed by atoms with Crippen molar-refractivity contribution in [3.8, 4) is 0 Å². The number of carbonyl (C=O) groups excluding carboxylic acids is 1. The third kappa shape index (κ3) is 2.82. The number of oxazole rings is 1. The molecule has 88 valence electrons. The van der Waals surface area contributed by atoms with Crippen molar-refractivity contribution in [2.75, 3.05) is 0 Å². The minimum atomic E-state index is -0.274. The number of rotatable bonds is 3. The van der Waals surface area contributed by atoms with Crippen LogP contribution >= 0.6 is 11.6 Å². The van der Waals surface area contributed by atoms with Crippen LogP contribution in [0.15, 0.2) is 29.1 Å². The van der Waals surface area contributed by atoms with Crippen LogP contribution in [0.5, 0.6) is 0 Å². The van der Waals surface area contributed by atoms with Gasteiger partial charge in [0.2, 0.25) is 0 Å². The van der Waals surface area contributed by atoms with E-state index in [9.17, 15) is 4.79 Å². The molecule has 0 saturated carbocycles. The standard InChI is InChI=1S/C11H10ClN3O2/c1-7-10(15-6-17-7)5-14-11(16)9-3-2-8(12)4-13-9/h2-4,6H,5H2,1H3,(H,14,16). The fourth-order valence-corrected chi connectivity index (χ4v) is 1.37. The van der Waals surface area contributed by atoms with Crippen LogP contribution in [-0.4, -0.2) is 15.9 Å². The van der Waals surface area contributed by atoms with Gasteiger partial charge in [-0.15, -0.1) is 0 Å². The molecular weight excluding hydrogens is 242 g/mol. The highest BCUT2D eigenvalue weighted by Crippen LogP contribution is 2.07. The smallest absolute Gasteiger partial charge is 0.270 e. The van der Waals surface area contributed by atoms with Crippen LogP contribution in [0.1, 0.15) is 21.9 Å². The quantitative estimate of drug-likeness (QED) is 0.906. The topological polar surface area (TPSA) is 68.0 Å². The van der Waals surface area contributed by atoms with Crippen molar-refractivity contribution in [2.45, 2.75) is 13.5 Å². The average molecular weight is 252 g/mol. The molecule has 2 rings (SSSR count). The number of aromatic nitrogens is 2. The number of carbonyl (C=O) groups is 1. The predicted octanol–water partition coefficient (Wildman–Crippen LogP) is 1.96. The molecule has 0 unspecified atom stereocenters. The number of nitrogens with zero attached hydrogens (tertiary/aromatic N) is 2. The zero-order valence-corrected chi connectivity index (χ0v) is 9.86. The Morgan fingerprint density at radius 3 is 2.88 bits per heavy atom. The molecule has 17 heavy (non-hydrogen) atoms. The lowest BCUT2D eigenvalue weighted by Gasteiger charge is -2.02. The fraction of sp³-hybridized carbons (Fsp3) is 0.182. The number of amides is 1. The molecule has 2 heterocycles. The Labute approximate surface area is 103 Å². The average Bonchev–Trinajstić information content (AvgIpc) is 2.73. The number of halogens is 1. The molecule has 6 heteroatoms. The Bertz CT molecular complexity index is 522. The first kappa shape index (κ1) is 11.6. The minimum absolute atomic E-state index is 0.274. The van der Waals surface area contributed by atoms with Gasteiger partial charge in [0.1, 0.15) is 17.1 Å². The highest BCUT2D eigenvalue weighted by atomic mass is 35.5. The summed E-state index contributed by atoms with van der Waals surface area (Å²) in [4.78, 5) is 19.6. The van der Waals surface area contributed by atoms with Gasteiger partial charge in [0, 0.05) is 6.20 Å². The maximum atomic E-state index is 11.7. The fourth-order valence-electron chi connectivity index (χ4n) is 1.26. The van der Waals surface area contributed by atoms with Crippen molar-refractivity contribution in [3.05, 3.63) is 46.9 Å². The Kier molecular flexibility index (Phi) is 3.39. The molecule has 0 radical (unpaired) electrons. The third-order valence-corrected chi connectivity index (χ3v) is 2.44. The number of hydrogen-bond donors (Lipinski definition) is 1. The van der Waals surface area contributed by atoms with E-state index in [1.807, 2.05) is 0 Å². The SMILES string of the molecule is Cc1ocnc1CNC(=O)c1ccc(Cl)cn1. The van der Waals surface area contributed by atoms with Gasteiger partial charge in [-0.3, -0.25) is 4.79 Å². The van der Waals surface area contributed by atoms with Crippen LogP contribution in [0.25, 0.3) is 0 Å². The lowest BCUT2D eigenvalue weighted by molar-refractivity contribution is 0.0945. The van der Waals surface area contributed by atoms with Crippen molar-refractivity contribution in [1.29, 1.82) is 0 Å². The molecule has 0 fully saturated rings. The van der Waals surface area contributed by atoms with Crippen molar-refractivity contribution in [3.63, 3.8) is 0 Å². The summed E-state index contributed by atoms with van der Waals surface area (Å²) < 4.78 is 5.02. The lowest BCUT2D eigenvalue weighted by Crippen LogP contribution is -2.24. The highest BCUT2D eigenvalue weighted by Gasteiger charge is 2.09. The summed E-state index contributed by atoms with van der Waals surface area (Å²) in [7, 11) is 0. The molecule has 0 aliphatic heterocycles. The van der Waals surface area contributed by atoms with Crippen LogP contribution in [0, 0.1) is 6.92 Å². The predicted molar refractivity (Wildman–Crippen MR) is 61.7 cm³/mol. The van der Waals surface area contributed by atoms with E-state index in [0.717, 1.165) is 0 Å². The second-order valence-corrected chi connectivity index (χ2v) is 3.84. The molecule has 0 atom stereocenters. The first-order valence-electron chi connectivity index (χ1n) is 4.95. The van der Waals surface area contributed by atoms with Gasteiger partial charge in [0.05, 0.1) is 11.6 Å². The zero-order chi connectivity index (χ0) is 12.3.